The lowest BCUT2D eigenvalue weighted by Crippen LogP contribution is -2.23. The van der Waals surface area contributed by atoms with Crippen molar-refractivity contribution in [2.75, 3.05) is 6.54 Å². The minimum atomic E-state index is -3.85. The van der Waals surface area contributed by atoms with Crippen molar-refractivity contribution in [1.82, 2.24) is 4.72 Å². The van der Waals surface area contributed by atoms with E-state index in [2.05, 4.69) is 4.72 Å². The van der Waals surface area contributed by atoms with Crippen LogP contribution in [0.4, 0.5) is 0 Å². The van der Waals surface area contributed by atoms with Gasteiger partial charge in [0.2, 0.25) is 10.0 Å². The predicted octanol–water partition coefficient (Wildman–Crippen LogP) is 1.86. The van der Waals surface area contributed by atoms with Crippen LogP contribution in [0.2, 0.25) is 0 Å². The topological polar surface area (TPSA) is 80.3 Å². The molecule has 1 aromatic rings. The van der Waals surface area contributed by atoms with Gasteiger partial charge in [-0.15, -0.1) is 0 Å². The molecule has 1 aromatic carbocycles. The molecule has 0 unspecified atom stereocenters. The normalized spacial score (nSPS) is 12.2. The van der Waals surface area contributed by atoms with Crippen molar-refractivity contribution in [3.63, 3.8) is 0 Å². The maximum absolute atomic E-state index is 11.9. The highest BCUT2D eigenvalue weighted by Gasteiger charge is 2.15. The molecule has 0 aliphatic rings. The molecule has 0 aliphatic carbocycles. The zero-order chi connectivity index (χ0) is 14.7. The van der Waals surface area contributed by atoms with Gasteiger partial charge in [0.05, 0.1) is 9.79 Å². The standard InChI is InChI=1S/C11H14ClNO4S2/c1-9(2)7-8-13-19(16,17)11-5-3-10(4-6-11)18(12,14)15/h3-7,13H,8H2,1-2H3. The summed E-state index contributed by atoms with van der Waals surface area (Å²) >= 11 is 0. The number of hydrogen-bond donors (Lipinski definition) is 1. The maximum Gasteiger partial charge on any atom is 0.261 e. The van der Waals surface area contributed by atoms with Gasteiger partial charge in [0.1, 0.15) is 0 Å². The average molecular weight is 324 g/mol. The Hall–Kier alpha value is -0.890. The fraction of sp³-hybridized carbons (Fsp3) is 0.273. The van der Waals surface area contributed by atoms with Crippen molar-refractivity contribution < 1.29 is 16.8 Å². The molecule has 0 aliphatic heterocycles. The van der Waals surface area contributed by atoms with E-state index in [1.165, 1.54) is 12.1 Å². The van der Waals surface area contributed by atoms with Crippen LogP contribution in [-0.2, 0) is 19.1 Å². The van der Waals surface area contributed by atoms with E-state index in [0.29, 0.717) is 0 Å². The number of hydrogen-bond acceptors (Lipinski definition) is 4. The van der Waals surface area contributed by atoms with Gasteiger partial charge in [0.25, 0.3) is 9.05 Å². The molecule has 8 heteroatoms. The van der Waals surface area contributed by atoms with Gasteiger partial charge in [-0.2, -0.15) is 0 Å². The Labute approximate surface area is 117 Å². The summed E-state index contributed by atoms with van der Waals surface area (Å²) in [6, 6.07) is 4.69. The lowest BCUT2D eigenvalue weighted by molar-refractivity contribution is 0.585. The molecule has 1 rings (SSSR count). The lowest BCUT2D eigenvalue weighted by Gasteiger charge is -2.05. The zero-order valence-electron chi connectivity index (χ0n) is 10.4. The molecule has 0 bridgehead atoms. The second kappa shape index (κ2) is 6.04. The number of allylic oxidation sites excluding steroid dienone is 1. The SMILES string of the molecule is CC(C)=CCNS(=O)(=O)c1ccc(S(=O)(=O)Cl)cc1. The summed E-state index contributed by atoms with van der Waals surface area (Å²) in [5.74, 6) is 0. The molecule has 0 saturated carbocycles. The summed E-state index contributed by atoms with van der Waals surface area (Å²) in [4.78, 5) is -0.156. The predicted molar refractivity (Wildman–Crippen MR) is 74.1 cm³/mol. The van der Waals surface area contributed by atoms with E-state index < -0.39 is 19.1 Å². The number of nitrogens with one attached hydrogen (secondary N) is 1. The van der Waals surface area contributed by atoms with Gasteiger partial charge >= 0.3 is 0 Å². The average Bonchev–Trinajstić information content (AvgIpc) is 2.27. The van der Waals surface area contributed by atoms with Gasteiger partial charge < -0.3 is 0 Å². The third kappa shape index (κ3) is 4.94. The highest BCUT2D eigenvalue weighted by Crippen LogP contribution is 2.17. The van der Waals surface area contributed by atoms with E-state index in [1.807, 2.05) is 13.8 Å². The lowest BCUT2D eigenvalue weighted by atomic mass is 10.3. The van der Waals surface area contributed by atoms with Gasteiger partial charge in [-0.25, -0.2) is 21.6 Å². The zero-order valence-corrected chi connectivity index (χ0v) is 12.8. The van der Waals surface area contributed by atoms with Crippen molar-refractivity contribution in [1.29, 1.82) is 0 Å². The third-order valence-electron chi connectivity index (χ3n) is 2.20. The van der Waals surface area contributed by atoms with Crippen molar-refractivity contribution in [2.24, 2.45) is 0 Å². The molecule has 19 heavy (non-hydrogen) atoms. The van der Waals surface area contributed by atoms with Gasteiger partial charge in [0.15, 0.2) is 0 Å². The molecule has 0 saturated heterocycles. The second-order valence-electron chi connectivity index (χ2n) is 4.04. The molecule has 0 radical (unpaired) electrons. The molecule has 0 aromatic heterocycles. The monoisotopic (exact) mass is 323 g/mol. The smallest absolute Gasteiger partial charge is 0.207 e. The van der Waals surface area contributed by atoms with Crippen LogP contribution in [0.15, 0.2) is 45.7 Å². The Balaban J connectivity index is 2.94. The number of sulfonamides is 1. The Kier molecular flexibility index (Phi) is 5.14. The van der Waals surface area contributed by atoms with Crippen molar-refractivity contribution in [2.45, 2.75) is 23.6 Å². The summed E-state index contributed by atoms with van der Waals surface area (Å²) < 4.78 is 48.1. The Morgan fingerprint density at radius 3 is 2.00 bits per heavy atom. The molecular weight excluding hydrogens is 310 g/mol. The second-order valence-corrected chi connectivity index (χ2v) is 8.38. The van der Waals surface area contributed by atoms with Gasteiger partial charge in [-0.05, 0) is 38.1 Å². The van der Waals surface area contributed by atoms with E-state index in [-0.39, 0.29) is 16.3 Å². The van der Waals surface area contributed by atoms with Gasteiger partial charge in [0, 0.05) is 17.2 Å². The van der Waals surface area contributed by atoms with E-state index >= 15 is 0 Å². The van der Waals surface area contributed by atoms with Crippen molar-refractivity contribution in [3.8, 4) is 0 Å². The fourth-order valence-corrected chi connectivity index (χ4v) is 2.95. The first-order chi connectivity index (χ1) is 8.63. The highest BCUT2D eigenvalue weighted by molar-refractivity contribution is 8.13. The molecular formula is C11H14ClNO4S2. The van der Waals surface area contributed by atoms with Crippen molar-refractivity contribution >= 4 is 29.8 Å². The minimum absolute atomic E-state index is 0.0151. The van der Waals surface area contributed by atoms with Crippen LogP contribution in [0, 0.1) is 0 Å². The summed E-state index contributed by atoms with van der Waals surface area (Å²) in [6.07, 6.45) is 1.73. The van der Waals surface area contributed by atoms with E-state index in [0.717, 1.165) is 17.7 Å². The van der Waals surface area contributed by atoms with Gasteiger partial charge in [-0.1, -0.05) is 11.6 Å². The first-order valence-electron chi connectivity index (χ1n) is 5.31. The minimum Gasteiger partial charge on any atom is -0.207 e. The van der Waals surface area contributed by atoms with Crippen LogP contribution >= 0.6 is 10.7 Å². The molecule has 106 valence electrons. The van der Waals surface area contributed by atoms with Crippen molar-refractivity contribution in [3.05, 3.63) is 35.9 Å². The van der Waals surface area contributed by atoms with Crippen LogP contribution in [0.3, 0.4) is 0 Å². The van der Waals surface area contributed by atoms with E-state index in [9.17, 15) is 16.8 Å². The van der Waals surface area contributed by atoms with Crippen LogP contribution in [0.1, 0.15) is 13.8 Å². The first-order valence-corrected chi connectivity index (χ1v) is 9.10. The van der Waals surface area contributed by atoms with E-state index in [1.54, 1.807) is 6.08 Å². The molecule has 1 N–H and O–H groups in total. The van der Waals surface area contributed by atoms with E-state index in [4.69, 9.17) is 10.7 Å². The summed E-state index contributed by atoms with van der Waals surface area (Å²) in [5.41, 5.74) is 0.992. The first kappa shape index (κ1) is 16.2. The Bertz CT molecular complexity index is 672. The van der Waals surface area contributed by atoms with Crippen LogP contribution in [0.5, 0.6) is 0 Å². The summed E-state index contributed by atoms with van der Waals surface area (Å²) in [6.45, 7) is 3.89. The molecule has 0 spiro atoms. The summed E-state index contributed by atoms with van der Waals surface area (Å²) in [7, 11) is -2.35. The Morgan fingerprint density at radius 2 is 1.58 bits per heavy atom. The largest absolute Gasteiger partial charge is 0.261 e. The molecule has 0 amide bonds. The number of benzene rings is 1. The molecule has 0 heterocycles. The maximum atomic E-state index is 11.9. The van der Waals surface area contributed by atoms with Crippen LogP contribution < -0.4 is 4.72 Å². The quantitative estimate of drug-likeness (QED) is 0.662. The summed E-state index contributed by atoms with van der Waals surface area (Å²) in [5, 5.41) is 0. The fourth-order valence-electron chi connectivity index (χ4n) is 1.22. The highest BCUT2D eigenvalue weighted by atomic mass is 35.7. The number of halogens is 1. The third-order valence-corrected chi connectivity index (χ3v) is 5.01. The van der Waals surface area contributed by atoms with Crippen LogP contribution in [0.25, 0.3) is 0 Å². The van der Waals surface area contributed by atoms with Crippen LogP contribution in [-0.4, -0.2) is 23.4 Å². The molecule has 0 atom stereocenters. The molecule has 5 nitrogen and oxygen atoms in total. The number of rotatable bonds is 5. The Morgan fingerprint density at radius 1 is 1.11 bits per heavy atom. The molecule has 0 fully saturated rings. The van der Waals surface area contributed by atoms with Gasteiger partial charge in [-0.3, -0.25) is 0 Å².